The van der Waals surface area contributed by atoms with Crippen LogP contribution in [0.4, 0.5) is 5.69 Å². The van der Waals surface area contributed by atoms with E-state index in [1.54, 1.807) is 0 Å². The molecule has 0 aliphatic rings. The fourth-order valence-corrected chi connectivity index (χ4v) is 1.57. The summed E-state index contributed by atoms with van der Waals surface area (Å²) in [6.45, 7) is 2.12. The Hall–Kier alpha value is -2.50. The first-order chi connectivity index (χ1) is 9.19. The predicted octanol–water partition coefficient (Wildman–Crippen LogP) is 3.13. The van der Waals surface area contributed by atoms with Crippen molar-refractivity contribution in [1.29, 1.82) is 0 Å². The number of rotatable bonds is 5. The Kier molecular flexibility index (Phi) is 4.02. The van der Waals surface area contributed by atoms with Gasteiger partial charge in [0, 0.05) is 0 Å². The van der Waals surface area contributed by atoms with Crippen LogP contribution in [0.2, 0.25) is 0 Å². The molecule has 6 heteroatoms. The number of aromatic nitrogens is 2. The van der Waals surface area contributed by atoms with Gasteiger partial charge in [-0.15, -0.1) is 0 Å². The molecule has 0 unspecified atom stereocenters. The second-order valence-corrected chi connectivity index (χ2v) is 3.98. The maximum absolute atomic E-state index is 10.5. The molecule has 0 saturated heterocycles. The van der Waals surface area contributed by atoms with E-state index >= 15 is 0 Å². The van der Waals surface area contributed by atoms with Crippen molar-refractivity contribution in [1.82, 2.24) is 9.97 Å². The molecule has 1 aromatic heterocycles. The van der Waals surface area contributed by atoms with Crippen molar-refractivity contribution >= 4 is 5.69 Å². The van der Waals surface area contributed by atoms with Crippen molar-refractivity contribution in [3.63, 3.8) is 0 Å². The quantitative estimate of drug-likeness (QED) is 0.608. The zero-order valence-electron chi connectivity index (χ0n) is 10.4. The van der Waals surface area contributed by atoms with Gasteiger partial charge in [0.25, 0.3) is 0 Å². The van der Waals surface area contributed by atoms with E-state index in [-0.39, 0.29) is 11.7 Å². The van der Waals surface area contributed by atoms with Crippen LogP contribution in [-0.4, -0.2) is 14.9 Å². The van der Waals surface area contributed by atoms with Gasteiger partial charge in [-0.05, 0) is 24.1 Å². The van der Waals surface area contributed by atoms with Gasteiger partial charge in [-0.2, -0.15) is 9.97 Å². The topological polar surface area (TPSA) is 78.2 Å². The molecule has 0 aliphatic heterocycles. The van der Waals surface area contributed by atoms with Crippen molar-refractivity contribution in [2.45, 2.75) is 19.8 Å². The average Bonchev–Trinajstić information content (AvgIpc) is 2.42. The number of hydrogen-bond acceptors (Lipinski definition) is 5. The first-order valence-electron chi connectivity index (χ1n) is 5.92. The largest absolute Gasteiger partial charge is 0.424 e. The standard InChI is InChI=1S/C13H13N3O3/c1-2-3-10-4-6-12(7-5-10)19-13-14-8-11(9-15-13)16(17)18/h4-9H,2-3H2,1H3. The molecule has 19 heavy (non-hydrogen) atoms. The molecular weight excluding hydrogens is 246 g/mol. The first kappa shape index (κ1) is 12.9. The van der Waals surface area contributed by atoms with Crippen LogP contribution >= 0.6 is 0 Å². The number of benzene rings is 1. The summed E-state index contributed by atoms with van der Waals surface area (Å²) in [6, 6.07) is 7.70. The highest BCUT2D eigenvalue weighted by atomic mass is 16.6. The second kappa shape index (κ2) is 5.90. The monoisotopic (exact) mass is 259 g/mol. The van der Waals surface area contributed by atoms with Crippen LogP contribution in [0.3, 0.4) is 0 Å². The fourth-order valence-electron chi connectivity index (χ4n) is 1.57. The lowest BCUT2D eigenvalue weighted by Gasteiger charge is -2.04. The van der Waals surface area contributed by atoms with Gasteiger partial charge in [0.15, 0.2) is 0 Å². The molecule has 0 amide bonds. The van der Waals surface area contributed by atoms with Gasteiger partial charge < -0.3 is 4.74 Å². The fraction of sp³-hybridized carbons (Fsp3) is 0.231. The zero-order chi connectivity index (χ0) is 13.7. The summed E-state index contributed by atoms with van der Waals surface area (Å²) in [4.78, 5) is 17.5. The molecule has 0 atom stereocenters. The number of aryl methyl sites for hydroxylation is 1. The van der Waals surface area contributed by atoms with E-state index in [9.17, 15) is 10.1 Å². The minimum absolute atomic E-state index is 0.0915. The van der Waals surface area contributed by atoms with Crippen molar-refractivity contribution in [3.8, 4) is 11.8 Å². The third-order valence-corrected chi connectivity index (χ3v) is 2.50. The lowest BCUT2D eigenvalue weighted by atomic mass is 10.1. The predicted molar refractivity (Wildman–Crippen MR) is 69.2 cm³/mol. The molecule has 1 aromatic carbocycles. The van der Waals surface area contributed by atoms with Gasteiger partial charge in [-0.3, -0.25) is 10.1 Å². The van der Waals surface area contributed by atoms with E-state index in [0.29, 0.717) is 5.75 Å². The lowest BCUT2D eigenvalue weighted by Crippen LogP contribution is -1.94. The smallest absolute Gasteiger partial charge is 0.322 e. The van der Waals surface area contributed by atoms with Crippen LogP contribution in [-0.2, 0) is 6.42 Å². The van der Waals surface area contributed by atoms with E-state index in [1.807, 2.05) is 24.3 Å². The van der Waals surface area contributed by atoms with Crippen LogP contribution in [0.25, 0.3) is 0 Å². The molecule has 2 rings (SSSR count). The van der Waals surface area contributed by atoms with Crippen molar-refractivity contribution < 1.29 is 9.66 Å². The second-order valence-electron chi connectivity index (χ2n) is 3.98. The molecule has 0 fully saturated rings. The Morgan fingerprint density at radius 1 is 1.21 bits per heavy atom. The summed E-state index contributed by atoms with van der Waals surface area (Å²) in [6.07, 6.45) is 4.35. The molecule has 98 valence electrons. The van der Waals surface area contributed by atoms with E-state index < -0.39 is 4.92 Å². The lowest BCUT2D eigenvalue weighted by molar-refractivity contribution is -0.385. The van der Waals surface area contributed by atoms with Crippen LogP contribution in [0.15, 0.2) is 36.7 Å². The average molecular weight is 259 g/mol. The Labute approximate surface area is 110 Å². The molecule has 0 saturated carbocycles. The number of ether oxygens (including phenoxy) is 1. The summed E-state index contributed by atoms with van der Waals surface area (Å²) in [7, 11) is 0. The molecule has 1 heterocycles. The Bertz CT molecular complexity index is 552. The maximum atomic E-state index is 10.5. The highest BCUT2D eigenvalue weighted by molar-refractivity contribution is 5.30. The normalized spacial score (nSPS) is 10.2. The number of nitrogens with zero attached hydrogens (tertiary/aromatic N) is 3. The molecule has 6 nitrogen and oxygen atoms in total. The third-order valence-electron chi connectivity index (χ3n) is 2.50. The molecule has 0 radical (unpaired) electrons. The highest BCUT2D eigenvalue weighted by Crippen LogP contribution is 2.19. The number of hydrogen-bond donors (Lipinski definition) is 0. The number of nitro groups is 1. The van der Waals surface area contributed by atoms with Gasteiger partial charge in [0.1, 0.15) is 18.1 Å². The summed E-state index contributed by atoms with van der Waals surface area (Å²) in [5.41, 5.74) is 1.07. The minimum atomic E-state index is -0.552. The van der Waals surface area contributed by atoms with Gasteiger partial charge in [-0.25, -0.2) is 0 Å². The van der Waals surface area contributed by atoms with Crippen LogP contribution in [0.5, 0.6) is 11.8 Å². The summed E-state index contributed by atoms with van der Waals surface area (Å²) >= 11 is 0. The van der Waals surface area contributed by atoms with Crippen molar-refractivity contribution in [2.75, 3.05) is 0 Å². The molecular formula is C13H13N3O3. The van der Waals surface area contributed by atoms with E-state index in [0.717, 1.165) is 25.2 Å². The van der Waals surface area contributed by atoms with Gasteiger partial charge in [-0.1, -0.05) is 25.5 Å². The Balaban J connectivity index is 2.06. The van der Waals surface area contributed by atoms with Gasteiger partial charge in [0.05, 0.1) is 4.92 Å². The maximum Gasteiger partial charge on any atom is 0.322 e. The highest BCUT2D eigenvalue weighted by Gasteiger charge is 2.07. The van der Waals surface area contributed by atoms with Crippen LogP contribution in [0, 0.1) is 10.1 Å². The summed E-state index contributed by atoms with van der Waals surface area (Å²) in [5.74, 6) is 0.605. The molecule has 0 bridgehead atoms. The molecule has 0 aliphatic carbocycles. The van der Waals surface area contributed by atoms with E-state index in [2.05, 4.69) is 16.9 Å². The first-order valence-corrected chi connectivity index (χ1v) is 5.92. The molecule has 0 spiro atoms. The summed E-state index contributed by atoms with van der Waals surface area (Å²) < 4.78 is 5.40. The minimum Gasteiger partial charge on any atom is -0.424 e. The summed E-state index contributed by atoms with van der Waals surface area (Å²) in [5, 5.41) is 10.5. The van der Waals surface area contributed by atoms with E-state index in [1.165, 1.54) is 5.56 Å². The zero-order valence-corrected chi connectivity index (χ0v) is 10.4. The molecule has 2 aromatic rings. The third kappa shape index (κ3) is 3.48. The van der Waals surface area contributed by atoms with E-state index in [4.69, 9.17) is 4.74 Å². The van der Waals surface area contributed by atoms with Gasteiger partial charge in [0.2, 0.25) is 0 Å². The van der Waals surface area contributed by atoms with Crippen LogP contribution in [0.1, 0.15) is 18.9 Å². The molecule has 0 N–H and O–H groups in total. The Morgan fingerprint density at radius 3 is 2.37 bits per heavy atom. The van der Waals surface area contributed by atoms with Crippen LogP contribution < -0.4 is 4.74 Å². The van der Waals surface area contributed by atoms with Gasteiger partial charge >= 0.3 is 11.7 Å². The Morgan fingerprint density at radius 2 is 1.84 bits per heavy atom. The van der Waals surface area contributed by atoms with Crippen molar-refractivity contribution in [3.05, 3.63) is 52.3 Å². The van der Waals surface area contributed by atoms with Crippen molar-refractivity contribution in [2.24, 2.45) is 0 Å². The SMILES string of the molecule is CCCc1ccc(Oc2ncc([N+](=O)[O-])cn2)cc1.